The zero-order chi connectivity index (χ0) is 31.1. The van der Waals surface area contributed by atoms with Crippen molar-refractivity contribution in [2.24, 2.45) is 59.2 Å². The Morgan fingerprint density at radius 2 is 0.667 bits per heavy atom. The lowest BCUT2D eigenvalue weighted by Gasteiger charge is -2.56. The first-order valence-corrected chi connectivity index (χ1v) is 19.6. The quantitative estimate of drug-likeness (QED) is 0.169. The van der Waals surface area contributed by atoms with Gasteiger partial charge in [0.15, 0.2) is 0 Å². The average Bonchev–Trinajstić information content (AvgIpc) is 3.51. The molecule has 6 aromatic rings. The molecule has 6 saturated carbocycles. The molecule has 0 saturated heterocycles. The molecular weight excluding hydrogens is 577 g/mol. The molecule has 6 aliphatic rings. The predicted molar refractivity (Wildman–Crippen MR) is 200 cm³/mol. The summed E-state index contributed by atoms with van der Waals surface area (Å²) in [5, 5.41) is 12.0. The highest BCUT2D eigenvalue weighted by molar-refractivity contribution is 6.04. The van der Waals surface area contributed by atoms with Crippen LogP contribution in [0.1, 0.15) is 74.3 Å². The summed E-state index contributed by atoms with van der Waals surface area (Å²) in [5.41, 5.74) is 3.46. The van der Waals surface area contributed by atoms with Gasteiger partial charge in [0.1, 0.15) is 0 Å². The molecule has 238 valence electrons. The Labute approximate surface area is 284 Å². The Morgan fingerprint density at radius 3 is 1.06 bits per heavy atom. The second-order valence-electron chi connectivity index (χ2n) is 17.4. The van der Waals surface area contributed by atoms with Crippen LogP contribution in [-0.2, 0) is 0 Å². The fourth-order valence-electron chi connectivity index (χ4n) is 14.9. The van der Waals surface area contributed by atoms with Crippen molar-refractivity contribution in [3.63, 3.8) is 0 Å². The fraction of sp³-hybridized carbons (Fsp3) is 0.417. The summed E-state index contributed by atoms with van der Waals surface area (Å²) in [7, 11) is 0. The number of rotatable bonds is 2. The third kappa shape index (κ3) is 3.53. The SMILES string of the molecule is c1ccc2c(C3CC4CCC5CCC6CC(c7c8ccccc8cc8ccccc78)C7CCC3C3C4C5C6C73)c3ccccc3cc2c1. The third-order valence-electron chi connectivity index (χ3n) is 16.0. The Morgan fingerprint density at radius 1 is 0.333 bits per heavy atom. The molecule has 0 heteroatoms. The van der Waals surface area contributed by atoms with Crippen LogP contribution in [0, 0.1) is 59.2 Å². The number of hydrogen-bond donors (Lipinski definition) is 0. The lowest BCUT2D eigenvalue weighted by molar-refractivity contribution is -0.0342. The Hall–Kier alpha value is -3.64. The van der Waals surface area contributed by atoms with Gasteiger partial charge >= 0.3 is 0 Å². The van der Waals surface area contributed by atoms with Crippen LogP contribution in [0.3, 0.4) is 0 Å². The van der Waals surface area contributed by atoms with E-state index in [9.17, 15) is 0 Å². The molecule has 0 radical (unpaired) electrons. The summed E-state index contributed by atoms with van der Waals surface area (Å²) in [5.74, 6) is 10.8. The molecule has 0 nitrogen and oxygen atoms in total. The van der Waals surface area contributed by atoms with Gasteiger partial charge in [0, 0.05) is 0 Å². The molecule has 12 rings (SSSR count). The summed E-state index contributed by atoms with van der Waals surface area (Å²) >= 11 is 0. The number of hydrogen-bond acceptors (Lipinski definition) is 0. The Bertz CT molecular complexity index is 1990. The first-order chi connectivity index (χ1) is 23.8. The maximum atomic E-state index is 2.47. The van der Waals surface area contributed by atoms with Crippen LogP contribution in [0.2, 0.25) is 0 Å². The van der Waals surface area contributed by atoms with Crippen molar-refractivity contribution >= 4 is 43.1 Å². The highest BCUT2D eigenvalue weighted by atomic mass is 14.7. The van der Waals surface area contributed by atoms with Gasteiger partial charge in [-0.2, -0.15) is 0 Å². The fourth-order valence-corrected chi connectivity index (χ4v) is 14.9. The molecule has 0 heterocycles. The Balaban J connectivity index is 1.06. The van der Waals surface area contributed by atoms with Gasteiger partial charge in [-0.1, -0.05) is 97.1 Å². The standard InChI is InChI=1S/C48H46/c1-5-13-34-28(9-1)23-29-10-2-6-14-35(29)45(34)40-25-32-19-17-27-18-20-33-26-41(39-22-21-38(40)47-43(32)42(27)44(33)48(39)47)46-36-15-7-3-11-30(36)24-31-12-4-8-16-37(31)46/h1-16,23-24,27,32-33,38-44,47-48H,17-22,25-26H2. The van der Waals surface area contributed by atoms with E-state index in [1.807, 2.05) is 0 Å². The van der Waals surface area contributed by atoms with Crippen LogP contribution in [0.5, 0.6) is 0 Å². The minimum absolute atomic E-state index is 0.696. The van der Waals surface area contributed by atoms with E-state index >= 15 is 0 Å². The van der Waals surface area contributed by atoms with E-state index in [1.165, 1.54) is 72.9 Å². The summed E-state index contributed by atoms with van der Waals surface area (Å²) in [6, 6.07) is 42.6. The van der Waals surface area contributed by atoms with Crippen molar-refractivity contribution in [2.75, 3.05) is 0 Å². The van der Waals surface area contributed by atoms with Crippen LogP contribution < -0.4 is 0 Å². The largest absolute Gasteiger partial charge is 0.0616 e. The molecule has 10 atom stereocenters. The molecule has 0 aliphatic heterocycles. The molecule has 6 aromatic carbocycles. The molecule has 0 amide bonds. The van der Waals surface area contributed by atoms with Crippen molar-refractivity contribution in [1.82, 2.24) is 0 Å². The van der Waals surface area contributed by atoms with E-state index in [4.69, 9.17) is 0 Å². The van der Waals surface area contributed by atoms with Gasteiger partial charge in [0.25, 0.3) is 0 Å². The molecule has 0 bridgehead atoms. The van der Waals surface area contributed by atoms with Crippen LogP contribution in [-0.4, -0.2) is 0 Å². The van der Waals surface area contributed by atoms with E-state index in [0.29, 0.717) is 11.8 Å². The maximum Gasteiger partial charge on any atom is -0.0116 e. The lowest BCUT2D eigenvalue weighted by atomic mass is 9.49. The van der Waals surface area contributed by atoms with Crippen molar-refractivity contribution < 1.29 is 0 Å². The second kappa shape index (κ2) is 9.97. The van der Waals surface area contributed by atoms with Gasteiger partial charge < -0.3 is 0 Å². The van der Waals surface area contributed by atoms with E-state index in [2.05, 4.69) is 109 Å². The topological polar surface area (TPSA) is 0 Å². The van der Waals surface area contributed by atoms with Gasteiger partial charge in [0.05, 0.1) is 0 Å². The van der Waals surface area contributed by atoms with E-state index < -0.39 is 0 Å². The van der Waals surface area contributed by atoms with Crippen LogP contribution in [0.4, 0.5) is 0 Å². The minimum Gasteiger partial charge on any atom is -0.0616 e. The first-order valence-electron chi connectivity index (χ1n) is 19.6. The molecule has 0 aromatic heterocycles. The average molecular weight is 623 g/mol. The van der Waals surface area contributed by atoms with Gasteiger partial charge in [-0.3, -0.25) is 0 Å². The highest BCUT2D eigenvalue weighted by Gasteiger charge is 2.68. The summed E-state index contributed by atoms with van der Waals surface area (Å²) in [6.07, 6.45) is 11.8. The van der Waals surface area contributed by atoms with Gasteiger partial charge in [-0.05, 0) is 189 Å². The van der Waals surface area contributed by atoms with Crippen molar-refractivity contribution in [1.29, 1.82) is 0 Å². The summed E-state index contributed by atoms with van der Waals surface area (Å²) in [4.78, 5) is 0. The predicted octanol–water partition coefficient (Wildman–Crippen LogP) is 12.5. The zero-order valence-electron chi connectivity index (χ0n) is 28.0. The molecular formula is C48H46. The monoisotopic (exact) mass is 622 g/mol. The minimum atomic E-state index is 0.696. The normalized spacial score (nSPS) is 37.8. The number of benzene rings is 6. The summed E-state index contributed by atoms with van der Waals surface area (Å²) in [6.45, 7) is 0. The van der Waals surface area contributed by atoms with Crippen LogP contribution >= 0.6 is 0 Å². The molecule has 6 fully saturated rings. The summed E-state index contributed by atoms with van der Waals surface area (Å²) < 4.78 is 0. The highest BCUT2D eigenvalue weighted by Crippen LogP contribution is 2.76. The van der Waals surface area contributed by atoms with Gasteiger partial charge in [-0.25, -0.2) is 0 Å². The van der Waals surface area contributed by atoms with Crippen LogP contribution in [0.25, 0.3) is 43.1 Å². The second-order valence-corrected chi connectivity index (χ2v) is 17.4. The molecule has 6 aliphatic carbocycles. The third-order valence-corrected chi connectivity index (χ3v) is 16.0. The molecule has 0 N–H and O–H groups in total. The van der Waals surface area contributed by atoms with E-state index in [-0.39, 0.29) is 0 Å². The lowest BCUT2D eigenvalue weighted by Crippen LogP contribution is -2.48. The maximum absolute atomic E-state index is 2.47. The smallest absolute Gasteiger partial charge is 0.0116 e. The van der Waals surface area contributed by atoms with E-state index in [1.54, 1.807) is 32.7 Å². The van der Waals surface area contributed by atoms with Crippen molar-refractivity contribution in [2.45, 2.75) is 63.2 Å². The molecule has 10 unspecified atom stereocenters. The first kappa shape index (κ1) is 27.2. The van der Waals surface area contributed by atoms with E-state index in [0.717, 1.165) is 59.2 Å². The van der Waals surface area contributed by atoms with Gasteiger partial charge in [0.2, 0.25) is 0 Å². The Kier molecular flexibility index (Phi) is 5.65. The number of fused-ring (bicyclic) bond motifs is 4. The van der Waals surface area contributed by atoms with Gasteiger partial charge in [-0.15, -0.1) is 0 Å². The molecule has 48 heavy (non-hydrogen) atoms. The molecule has 0 spiro atoms. The zero-order valence-corrected chi connectivity index (χ0v) is 28.0. The van der Waals surface area contributed by atoms with Crippen molar-refractivity contribution in [3.8, 4) is 0 Å². The van der Waals surface area contributed by atoms with Crippen molar-refractivity contribution in [3.05, 3.63) is 120 Å². The van der Waals surface area contributed by atoms with Crippen LogP contribution in [0.15, 0.2) is 109 Å².